The zero-order valence-corrected chi connectivity index (χ0v) is 19.0. The smallest absolute Gasteiger partial charge is 0.258 e. The molecule has 0 aliphatic carbocycles. The summed E-state index contributed by atoms with van der Waals surface area (Å²) in [4.78, 5) is 26.7. The summed E-state index contributed by atoms with van der Waals surface area (Å²) in [6.45, 7) is 4.18. The molecule has 1 fully saturated rings. The van der Waals surface area contributed by atoms with E-state index in [1.54, 1.807) is 32.5 Å². The maximum Gasteiger partial charge on any atom is 0.258 e. The zero-order valence-electron chi connectivity index (χ0n) is 19.0. The Hall–Kier alpha value is -3.85. The monoisotopic (exact) mass is 445 g/mol. The molecule has 1 saturated heterocycles. The van der Waals surface area contributed by atoms with Crippen LogP contribution in [0.3, 0.4) is 0 Å². The van der Waals surface area contributed by atoms with E-state index in [0.29, 0.717) is 39.2 Å². The van der Waals surface area contributed by atoms with Gasteiger partial charge in [-0.15, -0.1) is 0 Å². The maximum absolute atomic E-state index is 12.8. The largest absolute Gasteiger partial charge is 0.495 e. The summed E-state index contributed by atoms with van der Waals surface area (Å²) < 4.78 is 6.91. The number of fused-ring (bicyclic) bond motifs is 3. The number of nitrogen functional groups attached to an aromatic ring is 1. The van der Waals surface area contributed by atoms with Crippen LogP contribution in [0.5, 0.6) is 5.75 Å². The number of hydrogen-bond donors (Lipinski definition) is 2. The van der Waals surface area contributed by atoms with Crippen molar-refractivity contribution in [2.24, 2.45) is 7.05 Å². The number of pyridine rings is 1. The van der Waals surface area contributed by atoms with Gasteiger partial charge in [-0.3, -0.25) is 4.79 Å². The molecule has 0 bridgehead atoms. The second-order valence-electron chi connectivity index (χ2n) is 8.39. The molecule has 0 spiro atoms. The maximum atomic E-state index is 12.8. The molecule has 0 unspecified atom stereocenters. The third kappa shape index (κ3) is 3.80. The number of likely N-dealkylation sites (N-methyl/N-ethyl adjacent to an activating group) is 1. The van der Waals surface area contributed by atoms with E-state index < -0.39 is 0 Å². The predicted octanol–water partition coefficient (Wildman–Crippen LogP) is 2.57. The number of rotatable bonds is 4. The number of piperazine rings is 1. The molecule has 33 heavy (non-hydrogen) atoms. The Kier molecular flexibility index (Phi) is 5.26. The highest BCUT2D eigenvalue weighted by Crippen LogP contribution is 2.30. The number of methoxy groups -OCH3 is 1. The Morgan fingerprint density at radius 3 is 2.45 bits per heavy atom. The van der Waals surface area contributed by atoms with E-state index in [1.165, 1.54) is 10.3 Å². The molecule has 4 aromatic rings. The highest BCUT2D eigenvalue weighted by molar-refractivity contribution is 6.05. The Labute approximate surface area is 191 Å². The number of hydrogen-bond acceptors (Lipinski definition) is 8. The van der Waals surface area contributed by atoms with Crippen LogP contribution < -0.4 is 26.2 Å². The molecule has 2 aromatic carbocycles. The molecule has 9 nitrogen and oxygen atoms in total. The Morgan fingerprint density at radius 1 is 1.03 bits per heavy atom. The SMILES string of the molecule is COc1cc2c(cc1N)c(=O)n(C)c1cnc(Nc3ccc(N4CCN(C)CC4)cc3)nc21. The first-order chi connectivity index (χ1) is 15.9. The molecule has 1 aliphatic rings. The van der Waals surface area contributed by atoms with Crippen molar-refractivity contribution in [1.29, 1.82) is 0 Å². The zero-order chi connectivity index (χ0) is 23.1. The van der Waals surface area contributed by atoms with E-state index in [0.717, 1.165) is 31.9 Å². The summed E-state index contributed by atoms with van der Waals surface area (Å²) in [6, 6.07) is 11.7. The van der Waals surface area contributed by atoms with Crippen molar-refractivity contribution >= 4 is 44.8 Å². The van der Waals surface area contributed by atoms with Gasteiger partial charge in [-0.1, -0.05) is 0 Å². The van der Waals surface area contributed by atoms with Crippen LogP contribution in [0.1, 0.15) is 0 Å². The molecule has 170 valence electrons. The van der Waals surface area contributed by atoms with Gasteiger partial charge in [0.25, 0.3) is 5.56 Å². The fourth-order valence-electron chi connectivity index (χ4n) is 4.26. The third-order valence-electron chi connectivity index (χ3n) is 6.28. The van der Waals surface area contributed by atoms with E-state index >= 15 is 0 Å². The fraction of sp³-hybridized carbons (Fsp3) is 0.292. The van der Waals surface area contributed by atoms with Gasteiger partial charge < -0.3 is 30.2 Å². The van der Waals surface area contributed by atoms with Crippen LogP contribution in [-0.4, -0.2) is 59.8 Å². The molecule has 3 heterocycles. The predicted molar refractivity (Wildman–Crippen MR) is 133 cm³/mol. The minimum absolute atomic E-state index is 0.157. The average Bonchev–Trinajstić information content (AvgIpc) is 2.83. The molecule has 5 rings (SSSR count). The minimum Gasteiger partial charge on any atom is -0.495 e. The van der Waals surface area contributed by atoms with Gasteiger partial charge >= 0.3 is 0 Å². The standard InChI is InChI=1S/C24H27N7O2/c1-29-8-10-31(11-9-29)16-6-4-15(5-7-16)27-24-26-14-20-22(28-24)17-13-21(33-3)19(25)12-18(17)23(32)30(20)2/h4-7,12-14H,8-11,25H2,1-3H3,(H,26,27,28). The van der Waals surface area contributed by atoms with E-state index in [-0.39, 0.29) is 5.56 Å². The molecule has 0 atom stereocenters. The molecule has 2 aromatic heterocycles. The number of aromatic nitrogens is 3. The Bertz CT molecular complexity index is 1390. The minimum atomic E-state index is -0.157. The summed E-state index contributed by atoms with van der Waals surface area (Å²) in [5, 5.41) is 4.45. The van der Waals surface area contributed by atoms with Crippen LogP contribution in [0.4, 0.5) is 23.0 Å². The van der Waals surface area contributed by atoms with Gasteiger partial charge in [0.15, 0.2) is 0 Å². The number of ether oxygens (including phenoxy) is 1. The van der Waals surface area contributed by atoms with Crippen LogP contribution in [0, 0.1) is 0 Å². The van der Waals surface area contributed by atoms with E-state index in [4.69, 9.17) is 15.5 Å². The second kappa shape index (κ2) is 8.25. The molecular weight excluding hydrogens is 418 g/mol. The number of nitrogens with zero attached hydrogens (tertiary/aromatic N) is 5. The molecule has 9 heteroatoms. The number of anilines is 4. The first-order valence-electron chi connectivity index (χ1n) is 10.9. The highest BCUT2D eigenvalue weighted by Gasteiger charge is 2.16. The Morgan fingerprint density at radius 2 is 1.76 bits per heavy atom. The molecule has 1 aliphatic heterocycles. The van der Waals surface area contributed by atoms with Gasteiger partial charge in [0.05, 0.1) is 29.9 Å². The van der Waals surface area contributed by atoms with Gasteiger partial charge in [-0.25, -0.2) is 9.97 Å². The van der Waals surface area contributed by atoms with Crippen molar-refractivity contribution in [3.8, 4) is 5.75 Å². The number of nitrogens with one attached hydrogen (secondary N) is 1. The number of nitrogens with two attached hydrogens (primary N) is 1. The van der Waals surface area contributed by atoms with Gasteiger partial charge in [0.2, 0.25) is 5.95 Å². The van der Waals surface area contributed by atoms with Crippen LogP contribution in [0.2, 0.25) is 0 Å². The third-order valence-corrected chi connectivity index (χ3v) is 6.28. The van der Waals surface area contributed by atoms with Crippen LogP contribution in [0.15, 0.2) is 47.4 Å². The van der Waals surface area contributed by atoms with Gasteiger partial charge in [-0.05, 0) is 43.4 Å². The lowest BCUT2D eigenvalue weighted by molar-refractivity contribution is 0.313. The first kappa shape index (κ1) is 21.0. The van der Waals surface area contributed by atoms with Crippen molar-refractivity contribution < 1.29 is 4.74 Å². The molecule has 3 N–H and O–H groups in total. The fourth-order valence-corrected chi connectivity index (χ4v) is 4.26. The van der Waals surface area contributed by atoms with Gasteiger partial charge in [0, 0.05) is 50.0 Å². The van der Waals surface area contributed by atoms with Crippen molar-refractivity contribution in [3.05, 3.63) is 52.9 Å². The molecule has 0 saturated carbocycles. The van der Waals surface area contributed by atoms with E-state index in [1.807, 2.05) is 12.1 Å². The van der Waals surface area contributed by atoms with Crippen LogP contribution >= 0.6 is 0 Å². The summed E-state index contributed by atoms with van der Waals surface area (Å²) in [5.41, 5.74) is 9.68. The lowest BCUT2D eigenvalue weighted by Gasteiger charge is -2.34. The lowest BCUT2D eigenvalue weighted by Crippen LogP contribution is -2.44. The normalized spacial score (nSPS) is 14.7. The van der Waals surface area contributed by atoms with Crippen molar-refractivity contribution in [3.63, 3.8) is 0 Å². The molecular formula is C24H27N7O2. The quantitative estimate of drug-likeness (QED) is 0.365. The lowest BCUT2D eigenvalue weighted by atomic mass is 10.1. The summed E-state index contributed by atoms with van der Waals surface area (Å²) in [6.07, 6.45) is 1.66. The summed E-state index contributed by atoms with van der Waals surface area (Å²) in [7, 11) is 5.41. The van der Waals surface area contributed by atoms with E-state index in [2.05, 4.69) is 39.3 Å². The van der Waals surface area contributed by atoms with Gasteiger partial charge in [-0.2, -0.15) is 0 Å². The second-order valence-corrected chi connectivity index (χ2v) is 8.39. The van der Waals surface area contributed by atoms with Crippen LogP contribution in [0.25, 0.3) is 21.8 Å². The highest BCUT2D eigenvalue weighted by atomic mass is 16.5. The van der Waals surface area contributed by atoms with Gasteiger partial charge in [0.1, 0.15) is 11.3 Å². The number of aryl methyl sites for hydroxylation is 1. The van der Waals surface area contributed by atoms with Crippen LogP contribution in [-0.2, 0) is 7.05 Å². The molecule has 0 radical (unpaired) electrons. The van der Waals surface area contributed by atoms with Crippen molar-refractivity contribution in [2.45, 2.75) is 0 Å². The summed E-state index contributed by atoms with van der Waals surface area (Å²) >= 11 is 0. The number of benzene rings is 2. The van der Waals surface area contributed by atoms with Crippen molar-refractivity contribution in [2.75, 3.05) is 56.3 Å². The first-order valence-corrected chi connectivity index (χ1v) is 10.9. The topological polar surface area (TPSA) is 102 Å². The molecule has 0 amide bonds. The average molecular weight is 446 g/mol. The van der Waals surface area contributed by atoms with E-state index in [9.17, 15) is 4.79 Å². The van der Waals surface area contributed by atoms with Crippen molar-refractivity contribution in [1.82, 2.24) is 19.4 Å². The Balaban J connectivity index is 1.49. The summed E-state index contributed by atoms with van der Waals surface area (Å²) in [5.74, 6) is 0.954.